The maximum absolute atomic E-state index is 12.2. The van der Waals surface area contributed by atoms with Crippen LogP contribution in [-0.4, -0.2) is 45.2 Å². The van der Waals surface area contributed by atoms with Crippen LogP contribution in [-0.2, 0) is 4.79 Å². The monoisotopic (exact) mass is 417 g/mol. The highest BCUT2D eigenvalue weighted by Gasteiger charge is 2.23. The average Bonchev–Trinajstić information content (AvgIpc) is 2.68. The quantitative estimate of drug-likeness (QED) is 0.744. The van der Waals surface area contributed by atoms with Crippen molar-refractivity contribution >= 4 is 36.4 Å². The zero-order valence-corrected chi connectivity index (χ0v) is 17.7. The van der Waals surface area contributed by atoms with Crippen molar-refractivity contribution in [1.29, 1.82) is 0 Å². The highest BCUT2D eigenvalue weighted by atomic mass is 35.5. The van der Waals surface area contributed by atoms with Crippen LogP contribution in [0.1, 0.15) is 38.5 Å². The third kappa shape index (κ3) is 7.05. The number of hydrogen-bond acceptors (Lipinski definition) is 4. The molecule has 1 aromatic rings. The first-order valence-corrected chi connectivity index (χ1v) is 9.64. The summed E-state index contributed by atoms with van der Waals surface area (Å²) in [5.74, 6) is 1.88. The lowest BCUT2D eigenvalue weighted by atomic mass is 9.93. The lowest BCUT2D eigenvalue weighted by molar-refractivity contribution is -0.122. The first-order valence-electron chi connectivity index (χ1n) is 9.64. The number of carbonyl (C=O) groups is 1. The van der Waals surface area contributed by atoms with E-state index < -0.39 is 0 Å². The molecule has 1 amide bonds. The van der Waals surface area contributed by atoms with Gasteiger partial charge in [-0.3, -0.25) is 4.79 Å². The molecule has 2 fully saturated rings. The zero-order chi connectivity index (χ0) is 17.5. The Balaban J connectivity index is 0.00000182. The van der Waals surface area contributed by atoms with Crippen molar-refractivity contribution in [2.75, 3.05) is 38.2 Å². The molecule has 2 aliphatic rings. The van der Waals surface area contributed by atoms with Gasteiger partial charge in [-0.05, 0) is 63.2 Å². The fraction of sp³-hybridized carbons (Fsp3) is 0.650. The molecule has 0 radical (unpaired) electrons. The zero-order valence-electron chi connectivity index (χ0n) is 16.1. The predicted octanol–water partition coefficient (Wildman–Crippen LogP) is 3.40. The van der Waals surface area contributed by atoms with E-state index in [4.69, 9.17) is 4.74 Å². The van der Waals surface area contributed by atoms with Crippen molar-refractivity contribution in [3.05, 3.63) is 24.3 Å². The Bertz CT molecular complexity index is 560. The van der Waals surface area contributed by atoms with Crippen LogP contribution in [0.2, 0.25) is 0 Å². The molecule has 0 aliphatic carbocycles. The van der Waals surface area contributed by atoms with Gasteiger partial charge in [-0.25, -0.2) is 0 Å². The van der Waals surface area contributed by atoms with E-state index in [2.05, 4.69) is 21.6 Å². The van der Waals surface area contributed by atoms with Crippen LogP contribution >= 0.6 is 24.8 Å². The fourth-order valence-corrected chi connectivity index (χ4v) is 3.96. The van der Waals surface area contributed by atoms with Crippen molar-refractivity contribution in [2.24, 2.45) is 5.92 Å². The molecule has 2 heterocycles. The van der Waals surface area contributed by atoms with Gasteiger partial charge >= 0.3 is 0 Å². The van der Waals surface area contributed by atoms with Gasteiger partial charge in [0.05, 0.1) is 12.8 Å². The summed E-state index contributed by atoms with van der Waals surface area (Å²) < 4.78 is 5.46. The number of hydrogen-bond donors (Lipinski definition) is 2. The molecule has 2 saturated heterocycles. The molecule has 2 N–H and O–H groups in total. The predicted molar refractivity (Wildman–Crippen MR) is 116 cm³/mol. The summed E-state index contributed by atoms with van der Waals surface area (Å²) in [5.41, 5.74) is 1.15. The van der Waals surface area contributed by atoms with Gasteiger partial charge in [0.1, 0.15) is 5.75 Å². The Morgan fingerprint density at radius 1 is 1.15 bits per heavy atom. The van der Waals surface area contributed by atoms with Crippen LogP contribution in [0.4, 0.5) is 5.69 Å². The van der Waals surface area contributed by atoms with Gasteiger partial charge < -0.3 is 20.3 Å². The second-order valence-electron chi connectivity index (χ2n) is 7.23. The molecule has 27 heavy (non-hydrogen) atoms. The molecule has 0 bridgehead atoms. The number of rotatable bonds is 6. The number of para-hydroxylation sites is 2. The summed E-state index contributed by atoms with van der Waals surface area (Å²) >= 11 is 0. The number of amides is 1. The van der Waals surface area contributed by atoms with Gasteiger partial charge in [0.15, 0.2) is 0 Å². The maximum atomic E-state index is 12.2. The second-order valence-corrected chi connectivity index (χ2v) is 7.23. The highest BCUT2D eigenvalue weighted by Crippen LogP contribution is 2.29. The fourth-order valence-electron chi connectivity index (χ4n) is 3.96. The van der Waals surface area contributed by atoms with Gasteiger partial charge in [-0.1, -0.05) is 12.1 Å². The summed E-state index contributed by atoms with van der Waals surface area (Å²) in [4.78, 5) is 14.6. The minimum atomic E-state index is 0. The Kier molecular flexibility index (Phi) is 10.9. The number of nitrogens with one attached hydrogen (secondary N) is 2. The van der Waals surface area contributed by atoms with Gasteiger partial charge in [0, 0.05) is 25.6 Å². The Morgan fingerprint density at radius 2 is 1.81 bits per heavy atom. The third-order valence-electron chi connectivity index (χ3n) is 5.52. The molecule has 2 aliphatic heterocycles. The number of anilines is 1. The first kappa shape index (κ1) is 23.9. The van der Waals surface area contributed by atoms with E-state index >= 15 is 0 Å². The number of nitrogens with zero attached hydrogens (tertiary/aromatic N) is 1. The molecular formula is C20H33Cl2N3O2. The van der Waals surface area contributed by atoms with Gasteiger partial charge in [0.25, 0.3) is 0 Å². The van der Waals surface area contributed by atoms with Crippen LogP contribution in [0.25, 0.3) is 0 Å². The van der Waals surface area contributed by atoms with E-state index in [-0.39, 0.29) is 30.7 Å². The Labute approximate surface area is 175 Å². The molecule has 0 saturated carbocycles. The SMILES string of the molecule is COc1ccccc1N1CCC(NC(=O)CCC2CCNCC2)CC1.Cl.Cl. The van der Waals surface area contributed by atoms with E-state index in [0.717, 1.165) is 62.8 Å². The van der Waals surface area contributed by atoms with Gasteiger partial charge in [-0.15, -0.1) is 24.8 Å². The maximum Gasteiger partial charge on any atom is 0.220 e. The van der Waals surface area contributed by atoms with E-state index in [0.29, 0.717) is 12.5 Å². The van der Waals surface area contributed by atoms with Crippen molar-refractivity contribution in [2.45, 2.75) is 44.6 Å². The summed E-state index contributed by atoms with van der Waals surface area (Å²) in [6.07, 6.45) is 6.13. The molecule has 0 spiro atoms. The molecule has 7 heteroatoms. The smallest absolute Gasteiger partial charge is 0.220 e. The first-order chi connectivity index (χ1) is 12.3. The molecule has 154 valence electrons. The minimum Gasteiger partial charge on any atom is -0.495 e. The van der Waals surface area contributed by atoms with E-state index in [1.807, 2.05) is 18.2 Å². The second kappa shape index (κ2) is 12.3. The van der Waals surface area contributed by atoms with E-state index in [1.54, 1.807) is 7.11 Å². The highest BCUT2D eigenvalue weighted by molar-refractivity contribution is 5.85. The molecule has 5 nitrogen and oxygen atoms in total. The number of benzene rings is 1. The van der Waals surface area contributed by atoms with Crippen molar-refractivity contribution in [1.82, 2.24) is 10.6 Å². The summed E-state index contributed by atoms with van der Waals surface area (Å²) in [6, 6.07) is 8.47. The van der Waals surface area contributed by atoms with Gasteiger partial charge in [-0.2, -0.15) is 0 Å². The van der Waals surface area contributed by atoms with E-state index in [1.165, 1.54) is 12.8 Å². The number of piperidine rings is 2. The topological polar surface area (TPSA) is 53.6 Å². The Morgan fingerprint density at radius 3 is 2.48 bits per heavy atom. The molecule has 3 rings (SSSR count). The number of ether oxygens (including phenoxy) is 1. The summed E-state index contributed by atoms with van der Waals surface area (Å²) in [6.45, 7) is 4.13. The summed E-state index contributed by atoms with van der Waals surface area (Å²) in [7, 11) is 1.72. The van der Waals surface area contributed by atoms with E-state index in [9.17, 15) is 4.79 Å². The van der Waals surface area contributed by atoms with Crippen molar-refractivity contribution in [3.8, 4) is 5.75 Å². The van der Waals surface area contributed by atoms with Gasteiger partial charge in [0.2, 0.25) is 5.91 Å². The normalized spacial score (nSPS) is 18.2. The number of carbonyl (C=O) groups excluding carboxylic acids is 1. The standard InChI is InChI=1S/C20H31N3O2.2ClH/c1-25-19-5-3-2-4-18(19)23-14-10-17(11-15-23)22-20(24)7-6-16-8-12-21-13-9-16;;/h2-5,16-17,21H,6-15H2,1H3,(H,22,24);2*1H. The van der Waals surface area contributed by atoms with Crippen LogP contribution < -0.4 is 20.3 Å². The minimum absolute atomic E-state index is 0. The van der Waals surface area contributed by atoms with Crippen LogP contribution in [0.15, 0.2) is 24.3 Å². The molecule has 0 atom stereocenters. The molecule has 0 aromatic heterocycles. The van der Waals surface area contributed by atoms with Crippen molar-refractivity contribution < 1.29 is 9.53 Å². The number of halogens is 2. The van der Waals surface area contributed by atoms with Crippen LogP contribution in [0, 0.1) is 5.92 Å². The molecule has 0 unspecified atom stereocenters. The van der Waals surface area contributed by atoms with Crippen LogP contribution in [0.3, 0.4) is 0 Å². The third-order valence-corrected chi connectivity index (χ3v) is 5.52. The van der Waals surface area contributed by atoms with Crippen molar-refractivity contribution in [3.63, 3.8) is 0 Å². The molecular weight excluding hydrogens is 385 g/mol. The lowest BCUT2D eigenvalue weighted by Gasteiger charge is -2.34. The summed E-state index contributed by atoms with van der Waals surface area (Å²) in [5, 5.41) is 6.63. The van der Waals surface area contributed by atoms with Crippen LogP contribution in [0.5, 0.6) is 5.75 Å². The average molecular weight is 418 g/mol. The number of methoxy groups -OCH3 is 1. The Hall–Kier alpha value is -1.17. The molecule has 1 aromatic carbocycles. The largest absolute Gasteiger partial charge is 0.495 e. The lowest BCUT2D eigenvalue weighted by Crippen LogP contribution is -2.44.